The molecule has 0 saturated heterocycles. The first-order chi connectivity index (χ1) is 19.4. The van der Waals surface area contributed by atoms with Crippen LogP contribution in [0.2, 0.25) is 0 Å². The van der Waals surface area contributed by atoms with Gasteiger partial charge in [0.15, 0.2) is 5.78 Å². The van der Waals surface area contributed by atoms with Gasteiger partial charge in [-0.15, -0.1) is 0 Å². The minimum atomic E-state index is -0.671. The van der Waals surface area contributed by atoms with Crippen molar-refractivity contribution in [2.24, 2.45) is 11.1 Å². The maximum absolute atomic E-state index is 15.4. The largest absolute Gasteiger partial charge is 0.488 e. The van der Waals surface area contributed by atoms with Crippen LogP contribution in [-0.2, 0) is 11.4 Å². The summed E-state index contributed by atoms with van der Waals surface area (Å²) < 4.78 is 23.0. The fourth-order valence-corrected chi connectivity index (χ4v) is 6.62. The summed E-state index contributed by atoms with van der Waals surface area (Å²) in [6.45, 7) is 8.32. The Morgan fingerprint density at radius 2 is 1.85 bits per heavy atom. The highest BCUT2D eigenvalue weighted by Gasteiger charge is 2.45. The molecule has 2 N–H and O–H groups in total. The number of carbonyl (C=O) groups excluding carboxylic acids is 1. The SMILES string of the molecule is Cc1cc(COc2ccccc2Br)c(C)c(C2C(C#N)=C(N)N(c3ccc(Br)cc3F)C3=C2C(=O)CC(C)(C)C3)c1. The van der Waals surface area contributed by atoms with Crippen molar-refractivity contribution >= 4 is 43.3 Å². The van der Waals surface area contributed by atoms with Gasteiger partial charge in [0.25, 0.3) is 0 Å². The number of Topliss-reactive ketones (excluding diaryl/α,β-unsaturated/α-hetero) is 1. The van der Waals surface area contributed by atoms with E-state index in [2.05, 4.69) is 44.0 Å². The van der Waals surface area contributed by atoms with Crippen molar-refractivity contribution < 1.29 is 13.9 Å². The number of carbonyl (C=O) groups is 1. The molecule has 1 aliphatic carbocycles. The lowest BCUT2D eigenvalue weighted by Crippen LogP contribution is -2.42. The van der Waals surface area contributed by atoms with Crippen LogP contribution in [0.15, 0.2) is 86.2 Å². The molecule has 1 heterocycles. The van der Waals surface area contributed by atoms with Crippen molar-refractivity contribution in [3.8, 4) is 11.8 Å². The molecule has 5 nitrogen and oxygen atoms in total. The summed E-state index contributed by atoms with van der Waals surface area (Å²) in [6.07, 6.45) is 0.822. The third-order valence-corrected chi connectivity index (χ3v) is 8.91. The molecular weight excluding hydrogens is 649 g/mol. The summed E-state index contributed by atoms with van der Waals surface area (Å²) in [6, 6.07) is 18.7. The molecule has 1 unspecified atom stereocenters. The molecule has 3 aromatic rings. The minimum absolute atomic E-state index is 0.0593. The Morgan fingerprint density at radius 1 is 1.12 bits per heavy atom. The van der Waals surface area contributed by atoms with Gasteiger partial charge in [0.05, 0.1) is 27.7 Å². The third kappa shape index (κ3) is 5.45. The summed E-state index contributed by atoms with van der Waals surface area (Å²) in [7, 11) is 0. The summed E-state index contributed by atoms with van der Waals surface area (Å²) >= 11 is 6.85. The lowest BCUT2D eigenvalue weighted by molar-refractivity contribution is -0.118. The highest BCUT2D eigenvalue weighted by atomic mass is 79.9. The molecule has 8 heteroatoms. The van der Waals surface area contributed by atoms with E-state index < -0.39 is 11.7 Å². The van der Waals surface area contributed by atoms with E-state index in [9.17, 15) is 10.1 Å². The van der Waals surface area contributed by atoms with Crippen molar-refractivity contribution in [3.63, 3.8) is 0 Å². The van der Waals surface area contributed by atoms with E-state index in [4.69, 9.17) is 10.5 Å². The first kappa shape index (κ1) is 29.1. The smallest absolute Gasteiger partial charge is 0.162 e. The highest BCUT2D eigenvalue weighted by Crippen LogP contribution is 2.51. The molecule has 0 radical (unpaired) electrons. The van der Waals surface area contributed by atoms with Crippen molar-refractivity contribution in [1.29, 1.82) is 5.26 Å². The maximum Gasteiger partial charge on any atom is 0.162 e. The van der Waals surface area contributed by atoms with Gasteiger partial charge in [0, 0.05) is 22.2 Å². The summed E-state index contributed by atoms with van der Waals surface area (Å²) in [5.41, 5.74) is 11.6. The first-order valence-corrected chi connectivity index (χ1v) is 14.9. The average Bonchev–Trinajstić information content (AvgIpc) is 2.89. The Labute approximate surface area is 256 Å². The zero-order valence-corrected chi connectivity index (χ0v) is 26.5. The molecule has 210 valence electrons. The molecule has 0 amide bonds. The van der Waals surface area contributed by atoms with Crippen molar-refractivity contribution in [2.75, 3.05) is 4.90 Å². The zero-order chi connectivity index (χ0) is 29.6. The molecule has 5 rings (SSSR count). The summed E-state index contributed by atoms with van der Waals surface area (Å²) in [5.74, 6) is -0.378. The van der Waals surface area contributed by atoms with E-state index in [0.717, 1.165) is 32.5 Å². The van der Waals surface area contributed by atoms with Gasteiger partial charge in [-0.1, -0.05) is 59.6 Å². The second kappa shape index (κ2) is 11.1. The van der Waals surface area contributed by atoms with E-state index in [1.165, 1.54) is 6.07 Å². The molecule has 0 saturated carbocycles. The normalized spacial score (nSPS) is 18.3. The fraction of sp³-hybridized carbons (Fsp3) is 0.273. The molecule has 3 aromatic carbocycles. The van der Waals surface area contributed by atoms with Crippen LogP contribution < -0.4 is 15.4 Å². The van der Waals surface area contributed by atoms with Gasteiger partial charge in [-0.05, 0) is 88.6 Å². The number of ether oxygens (including phenoxy) is 1. The van der Waals surface area contributed by atoms with Crippen LogP contribution in [0, 0.1) is 36.4 Å². The predicted octanol–water partition coefficient (Wildman–Crippen LogP) is 8.49. The Balaban J connectivity index is 1.69. The lowest BCUT2D eigenvalue weighted by Gasteiger charge is -2.44. The Kier molecular flexibility index (Phi) is 7.88. The lowest BCUT2D eigenvalue weighted by atomic mass is 9.68. The van der Waals surface area contributed by atoms with Crippen LogP contribution in [-0.4, -0.2) is 5.78 Å². The van der Waals surface area contributed by atoms with E-state index in [0.29, 0.717) is 35.2 Å². The second-order valence-corrected chi connectivity index (χ2v) is 13.2. The Hall–Kier alpha value is -3.41. The number of hydrogen-bond donors (Lipinski definition) is 1. The molecule has 1 atom stereocenters. The van der Waals surface area contributed by atoms with Gasteiger partial charge in [-0.2, -0.15) is 5.26 Å². The topological polar surface area (TPSA) is 79.3 Å². The molecule has 0 fully saturated rings. The number of halogens is 3. The summed E-state index contributed by atoms with van der Waals surface area (Å²) in [4.78, 5) is 15.5. The van der Waals surface area contributed by atoms with E-state index in [1.807, 2.05) is 58.0 Å². The van der Waals surface area contributed by atoms with Crippen LogP contribution in [0.5, 0.6) is 5.75 Å². The highest BCUT2D eigenvalue weighted by molar-refractivity contribution is 9.10. The minimum Gasteiger partial charge on any atom is -0.488 e. The van der Waals surface area contributed by atoms with Crippen LogP contribution in [0.3, 0.4) is 0 Å². The van der Waals surface area contributed by atoms with Gasteiger partial charge in [-0.3, -0.25) is 9.69 Å². The van der Waals surface area contributed by atoms with Gasteiger partial charge in [0.2, 0.25) is 0 Å². The van der Waals surface area contributed by atoms with Crippen molar-refractivity contribution in [1.82, 2.24) is 0 Å². The average molecular weight is 679 g/mol. The number of allylic oxidation sites excluding steroid dienone is 3. The monoisotopic (exact) mass is 677 g/mol. The number of para-hydroxylation sites is 1. The van der Waals surface area contributed by atoms with Gasteiger partial charge < -0.3 is 10.5 Å². The first-order valence-electron chi connectivity index (χ1n) is 13.3. The maximum atomic E-state index is 15.4. The van der Waals surface area contributed by atoms with Crippen molar-refractivity contribution in [3.05, 3.63) is 114 Å². The van der Waals surface area contributed by atoms with E-state index >= 15 is 4.39 Å². The number of benzene rings is 3. The predicted molar refractivity (Wildman–Crippen MR) is 166 cm³/mol. The Morgan fingerprint density at radius 3 is 2.54 bits per heavy atom. The van der Waals surface area contributed by atoms with E-state index in [1.54, 1.807) is 17.0 Å². The molecule has 41 heavy (non-hydrogen) atoms. The molecule has 0 bridgehead atoms. The van der Waals surface area contributed by atoms with Crippen LogP contribution >= 0.6 is 31.9 Å². The molecule has 0 spiro atoms. The molecule has 1 aliphatic heterocycles. The van der Waals surface area contributed by atoms with Crippen molar-refractivity contribution in [2.45, 2.75) is 53.1 Å². The fourth-order valence-electron chi connectivity index (χ4n) is 5.89. The summed E-state index contributed by atoms with van der Waals surface area (Å²) in [5, 5.41) is 10.5. The van der Waals surface area contributed by atoms with Gasteiger partial charge in [-0.25, -0.2) is 4.39 Å². The standard InChI is InChI=1S/C33H30Br2FN3O2/c1-18-11-20(17-41-29-8-6-5-7-24(29)35)19(2)22(12-18)30-23(16-37)32(38)39(26-10-9-21(34)13-25(26)36)27-14-33(3,4)15-28(40)31(27)30/h5-13,30H,14-15,17,38H2,1-4H3. The van der Waals surface area contributed by atoms with Crippen LogP contribution in [0.1, 0.15) is 54.9 Å². The number of aryl methyl sites for hydroxylation is 1. The number of hydrogen-bond acceptors (Lipinski definition) is 5. The number of nitrogens with two attached hydrogens (primary N) is 1. The third-order valence-electron chi connectivity index (χ3n) is 7.76. The molecule has 2 aliphatic rings. The molecular formula is C33H30Br2FN3O2. The molecule has 0 aromatic heterocycles. The van der Waals surface area contributed by atoms with E-state index in [-0.39, 0.29) is 28.3 Å². The van der Waals surface area contributed by atoms with Gasteiger partial charge >= 0.3 is 0 Å². The second-order valence-electron chi connectivity index (χ2n) is 11.4. The van der Waals surface area contributed by atoms with Gasteiger partial charge in [0.1, 0.15) is 24.0 Å². The number of nitrogens with zero attached hydrogens (tertiary/aromatic N) is 2. The van der Waals surface area contributed by atoms with Crippen LogP contribution in [0.25, 0.3) is 0 Å². The van der Waals surface area contributed by atoms with Crippen LogP contribution in [0.4, 0.5) is 10.1 Å². The quantitative estimate of drug-likeness (QED) is 0.293. The Bertz CT molecular complexity index is 1690. The number of nitriles is 1. The zero-order valence-electron chi connectivity index (χ0n) is 23.3. The number of anilines is 1. The number of rotatable bonds is 5. The number of ketones is 1.